The van der Waals surface area contributed by atoms with Crippen molar-refractivity contribution in [3.8, 4) is 0 Å². The molecule has 0 aromatic carbocycles. The summed E-state index contributed by atoms with van der Waals surface area (Å²) >= 11 is 4.10. The number of carboxylic acids is 1. The van der Waals surface area contributed by atoms with Crippen LogP contribution in [0.15, 0.2) is 0 Å². The van der Waals surface area contributed by atoms with Gasteiger partial charge in [-0.25, -0.2) is 0 Å². The largest absolute Gasteiger partial charge is 1.00 e. The minimum atomic E-state index is -0.926. The Labute approximate surface area is 98.1 Å². The van der Waals surface area contributed by atoms with E-state index < -0.39 is 5.97 Å². The Morgan fingerprint density at radius 2 is 1.46 bits per heavy atom. The minimum Gasteiger partial charge on any atom is -0.550 e. The molecule has 0 saturated carbocycles. The van der Waals surface area contributed by atoms with Crippen molar-refractivity contribution in [1.29, 1.82) is 0 Å². The zero-order valence-corrected chi connectivity index (χ0v) is 9.31. The molecule has 0 spiro atoms. The van der Waals surface area contributed by atoms with Crippen LogP contribution in [0.4, 0.5) is 0 Å². The third-order valence-corrected chi connectivity index (χ3v) is 2.11. The SMILES string of the molecule is O=C([O-])CCCCCCCCS.[Li+]. The summed E-state index contributed by atoms with van der Waals surface area (Å²) < 4.78 is 0. The molecule has 0 aromatic rings. The number of unbranched alkanes of at least 4 members (excludes halogenated alkanes) is 5. The summed E-state index contributed by atoms with van der Waals surface area (Å²) in [7, 11) is 0. The van der Waals surface area contributed by atoms with E-state index in [1.54, 1.807) is 0 Å². The maximum atomic E-state index is 10.0. The van der Waals surface area contributed by atoms with Crippen molar-refractivity contribution in [2.24, 2.45) is 0 Å². The number of thiol groups is 1. The predicted octanol–water partition coefficient (Wildman–Crippen LogP) is -1.60. The number of rotatable bonds is 8. The number of carboxylic acid groups (broad SMARTS) is 1. The number of aliphatic carboxylic acids is 1. The second-order valence-electron chi connectivity index (χ2n) is 2.97. The first kappa shape index (κ1) is 15.9. The Hall–Kier alpha value is 0.417. The molecule has 0 unspecified atom stereocenters. The molecule has 72 valence electrons. The van der Waals surface area contributed by atoms with Gasteiger partial charge in [-0.1, -0.05) is 25.7 Å². The van der Waals surface area contributed by atoms with Gasteiger partial charge in [0.25, 0.3) is 0 Å². The van der Waals surface area contributed by atoms with Gasteiger partial charge in [-0.2, -0.15) is 12.6 Å². The van der Waals surface area contributed by atoms with Gasteiger partial charge in [-0.3, -0.25) is 0 Å². The summed E-state index contributed by atoms with van der Waals surface area (Å²) in [5.41, 5.74) is 0. The molecule has 13 heavy (non-hydrogen) atoms. The van der Waals surface area contributed by atoms with Gasteiger partial charge in [0.2, 0.25) is 0 Å². The molecule has 4 heteroatoms. The summed E-state index contributed by atoms with van der Waals surface area (Å²) in [5, 5.41) is 10.0. The Morgan fingerprint density at radius 3 is 1.92 bits per heavy atom. The molecule has 0 heterocycles. The maximum Gasteiger partial charge on any atom is 1.00 e. The van der Waals surface area contributed by atoms with Crippen molar-refractivity contribution >= 4 is 18.6 Å². The third-order valence-electron chi connectivity index (χ3n) is 1.79. The first-order valence-electron chi connectivity index (χ1n) is 4.58. The van der Waals surface area contributed by atoms with Crippen LogP contribution in [0.25, 0.3) is 0 Å². The van der Waals surface area contributed by atoms with E-state index in [2.05, 4.69) is 12.6 Å². The first-order chi connectivity index (χ1) is 5.77. The van der Waals surface area contributed by atoms with E-state index >= 15 is 0 Å². The van der Waals surface area contributed by atoms with Crippen LogP contribution in [0.1, 0.15) is 44.9 Å². The van der Waals surface area contributed by atoms with Crippen LogP contribution in [-0.2, 0) is 4.79 Å². The average molecular weight is 196 g/mol. The second-order valence-corrected chi connectivity index (χ2v) is 3.41. The fraction of sp³-hybridized carbons (Fsp3) is 0.889. The molecule has 0 aliphatic heterocycles. The van der Waals surface area contributed by atoms with Gasteiger partial charge in [0, 0.05) is 5.97 Å². The Bertz CT molecular complexity index is 120. The number of hydrogen-bond acceptors (Lipinski definition) is 3. The summed E-state index contributed by atoms with van der Waals surface area (Å²) in [6.45, 7) is 0. The van der Waals surface area contributed by atoms with Crippen LogP contribution in [0.3, 0.4) is 0 Å². The van der Waals surface area contributed by atoms with Gasteiger partial charge in [-0.15, -0.1) is 0 Å². The smallest absolute Gasteiger partial charge is 0.550 e. The average Bonchev–Trinajstić information content (AvgIpc) is 2.02. The first-order valence-corrected chi connectivity index (χ1v) is 5.21. The summed E-state index contributed by atoms with van der Waals surface area (Å²) in [6, 6.07) is 0. The Morgan fingerprint density at radius 1 is 1.00 bits per heavy atom. The van der Waals surface area contributed by atoms with Crippen LogP contribution in [0.2, 0.25) is 0 Å². The molecule has 0 fully saturated rings. The van der Waals surface area contributed by atoms with Crippen LogP contribution in [0.5, 0.6) is 0 Å². The van der Waals surface area contributed by atoms with E-state index in [4.69, 9.17) is 0 Å². The monoisotopic (exact) mass is 196 g/mol. The normalized spacial score (nSPS) is 9.31. The topological polar surface area (TPSA) is 40.1 Å². The quantitative estimate of drug-likeness (QED) is 0.288. The van der Waals surface area contributed by atoms with Crippen molar-refractivity contribution in [2.75, 3.05) is 5.75 Å². The zero-order chi connectivity index (χ0) is 9.23. The molecule has 0 saturated heterocycles. The van der Waals surface area contributed by atoms with Crippen molar-refractivity contribution in [3.63, 3.8) is 0 Å². The predicted molar refractivity (Wildman–Crippen MR) is 51.2 cm³/mol. The van der Waals surface area contributed by atoms with Crippen LogP contribution in [-0.4, -0.2) is 11.7 Å². The van der Waals surface area contributed by atoms with Gasteiger partial charge in [0.15, 0.2) is 0 Å². The van der Waals surface area contributed by atoms with Crippen molar-refractivity contribution in [3.05, 3.63) is 0 Å². The molecular weight excluding hydrogens is 179 g/mol. The van der Waals surface area contributed by atoms with E-state index in [1.807, 2.05) is 0 Å². The fourth-order valence-electron chi connectivity index (χ4n) is 1.09. The van der Waals surface area contributed by atoms with Crippen molar-refractivity contribution in [1.82, 2.24) is 0 Å². The summed E-state index contributed by atoms with van der Waals surface area (Å²) in [6.07, 6.45) is 6.73. The molecular formula is C9H17LiO2S. The van der Waals surface area contributed by atoms with Gasteiger partial charge >= 0.3 is 18.9 Å². The van der Waals surface area contributed by atoms with E-state index in [-0.39, 0.29) is 25.3 Å². The molecule has 0 aromatic heterocycles. The molecule has 0 atom stereocenters. The number of hydrogen-bond donors (Lipinski definition) is 1. The Balaban J connectivity index is 0. The van der Waals surface area contributed by atoms with Crippen LogP contribution < -0.4 is 24.0 Å². The standard InChI is InChI=1S/C9H18O2S.Li/c10-9(11)7-5-3-1-2-4-6-8-12;/h12H,1-8H2,(H,10,11);/q;+1/p-1. The molecule has 0 radical (unpaired) electrons. The third kappa shape index (κ3) is 15.2. The van der Waals surface area contributed by atoms with E-state index in [0.717, 1.165) is 25.0 Å². The van der Waals surface area contributed by atoms with Crippen LogP contribution in [0, 0.1) is 0 Å². The molecule has 0 aliphatic carbocycles. The van der Waals surface area contributed by atoms with E-state index in [9.17, 15) is 9.90 Å². The maximum absolute atomic E-state index is 10.0. The molecule has 2 nitrogen and oxygen atoms in total. The summed E-state index contributed by atoms with van der Waals surface area (Å²) in [4.78, 5) is 10.0. The molecule has 0 amide bonds. The van der Waals surface area contributed by atoms with Crippen LogP contribution >= 0.6 is 12.6 Å². The Kier molecular flexibility index (Phi) is 15.2. The zero-order valence-electron chi connectivity index (χ0n) is 8.42. The molecule has 0 N–H and O–H groups in total. The van der Waals surface area contributed by atoms with Crippen molar-refractivity contribution in [2.45, 2.75) is 44.9 Å². The summed E-state index contributed by atoms with van der Waals surface area (Å²) in [5.74, 6) is 0.0318. The van der Waals surface area contributed by atoms with Gasteiger partial charge in [-0.05, 0) is 25.0 Å². The second kappa shape index (κ2) is 12.4. The fourth-order valence-corrected chi connectivity index (χ4v) is 1.31. The van der Waals surface area contributed by atoms with Crippen molar-refractivity contribution < 1.29 is 28.8 Å². The number of carbonyl (C=O) groups is 1. The van der Waals surface area contributed by atoms with E-state index in [1.165, 1.54) is 19.3 Å². The van der Waals surface area contributed by atoms with Gasteiger partial charge in [0.1, 0.15) is 0 Å². The number of carbonyl (C=O) groups excluding carboxylic acids is 1. The molecule has 0 rings (SSSR count). The van der Waals surface area contributed by atoms with E-state index in [0.29, 0.717) is 0 Å². The minimum absolute atomic E-state index is 0. The molecule has 0 bridgehead atoms. The van der Waals surface area contributed by atoms with Gasteiger partial charge in [0.05, 0.1) is 0 Å². The molecule has 0 aliphatic rings. The van der Waals surface area contributed by atoms with Gasteiger partial charge < -0.3 is 9.90 Å².